The first-order chi connectivity index (χ1) is 14.6. The third kappa shape index (κ3) is 16.2. The highest BCUT2D eigenvalue weighted by Gasteiger charge is 2.31. The lowest BCUT2D eigenvalue weighted by Gasteiger charge is -2.25. The molecule has 4 atom stereocenters. The van der Waals surface area contributed by atoms with Gasteiger partial charge in [0.25, 0.3) is 0 Å². The minimum atomic E-state index is -1.61. The second kappa shape index (κ2) is 21.7. The summed E-state index contributed by atoms with van der Waals surface area (Å²) in [5.41, 5.74) is 0. The Bertz CT molecular complexity index is 366. The molecule has 0 aromatic rings. The summed E-state index contributed by atoms with van der Waals surface area (Å²) in [7, 11) is 0. The number of aldehydes is 1. The summed E-state index contributed by atoms with van der Waals surface area (Å²) in [6.07, 6.45) is 15.0. The number of aliphatic hydroxyl groups excluding tert-OH is 4. The number of carbonyl (C=O) groups excluding carboxylic acids is 1. The Kier molecular flexibility index (Phi) is 21.3. The molecule has 0 unspecified atom stereocenters. The third-order valence-corrected chi connectivity index (χ3v) is 5.71. The van der Waals surface area contributed by atoms with Crippen molar-refractivity contribution in [1.29, 1.82) is 0 Å². The number of rotatable bonds is 23. The minimum Gasteiger partial charge on any atom is -0.394 e. The average molecular weight is 433 g/mol. The zero-order valence-electron chi connectivity index (χ0n) is 19.2. The van der Waals surface area contributed by atoms with Crippen LogP contribution in [0, 0.1) is 0 Å². The Morgan fingerprint density at radius 1 is 0.667 bits per heavy atom. The summed E-state index contributed by atoms with van der Waals surface area (Å²) in [5.74, 6) is 0. The van der Waals surface area contributed by atoms with Crippen LogP contribution in [0.15, 0.2) is 0 Å². The van der Waals surface area contributed by atoms with Crippen LogP contribution in [0.25, 0.3) is 0 Å². The molecule has 0 aromatic heterocycles. The number of hydrogen-bond acceptors (Lipinski definition) is 6. The molecule has 0 fully saturated rings. The van der Waals surface area contributed by atoms with Crippen molar-refractivity contribution < 1.29 is 30.0 Å². The van der Waals surface area contributed by atoms with Gasteiger partial charge in [-0.25, -0.2) is 0 Å². The molecule has 0 amide bonds. The normalized spacial score (nSPS) is 15.6. The van der Waals surface area contributed by atoms with Crippen LogP contribution >= 0.6 is 0 Å². The van der Waals surface area contributed by atoms with Crippen molar-refractivity contribution in [2.24, 2.45) is 0 Å². The van der Waals surface area contributed by atoms with E-state index in [9.17, 15) is 20.1 Å². The molecule has 0 saturated heterocycles. The highest BCUT2D eigenvalue weighted by atomic mass is 16.5. The van der Waals surface area contributed by atoms with Gasteiger partial charge in [0.15, 0.2) is 6.29 Å². The fourth-order valence-corrected chi connectivity index (χ4v) is 3.62. The molecule has 6 nitrogen and oxygen atoms in total. The van der Waals surface area contributed by atoms with Gasteiger partial charge < -0.3 is 30.0 Å². The van der Waals surface area contributed by atoms with E-state index in [1.807, 2.05) is 0 Å². The van der Waals surface area contributed by atoms with Crippen molar-refractivity contribution in [3.05, 3.63) is 0 Å². The lowest BCUT2D eigenvalue weighted by Crippen LogP contribution is -2.47. The maximum absolute atomic E-state index is 11.0. The van der Waals surface area contributed by atoms with E-state index in [2.05, 4.69) is 6.92 Å². The molecular weight excluding hydrogens is 384 g/mol. The van der Waals surface area contributed by atoms with E-state index in [1.54, 1.807) is 0 Å². The van der Waals surface area contributed by atoms with E-state index in [0.29, 0.717) is 12.9 Å². The molecular formula is C24H48O6. The number of unbranched alkanes of at least 4 members (excludes halogenated alkanes) is 15. The van der Waals surface area contributed by atoms with Gasteiger partial charge in [0.05, 0.1) is 6.61 Å². The number of carbonyl (C=O) groups is 1. The Balaban J connectivity index is 3.44. The van der Waals surface area contributed by atoms with Crippen molar-refractivity contribution in [2.75, 3.05) is 13.2 Å². The summed E-state index contributed by atoms with van der Waals surface area (Å²) in [4.78, 5) is 11.0. The first-order valence-electron chi connectivity index (χ1n) is 12.3. The molecule has 0 saturated carbocycles. The molecule has 0 spiro atoms. The van der Waals surface area contributed by atoms with E-state index in [1.165, 1.54) is 83.5 Å². The van der Waals surface area contributed by atoms with Gasteiger partial charge in [-0.2, -0.15) is 0 Å². The van der Waals surface area contributed by atoms with Gasteiger partial charge in [0.1, 0.15) is 24.4 Å². The molecule has 0 aliphatic rings. The maximum atomic E-state index is 11.0. The third-order valence-electron chi connectivity index (χ3n) is 5.71. The van der Waals surface area contributed by atoms with E-state index in [-0.39, 0.29) is 0 Å². The summed E-state index contributed by atoms with van der Waals surface area (Å²) in [6.45, 7) is 1.89. The molecule has 0 radical (unpaired) electrons. The zero-order chi connectivity index (χ0) is 22.5. The Labute approximate surface area is 184 Å². The second-order valence-corrected chi connectivity index (χ2v) is 8.51. The SMILES string of the molecule is CCCCCCCCCCCCCCCCCCO[C@@H](C=O)[C@@H](O)[C@H](O)[C@H](O)CO. The first kappa shape index (κ1) is 29.5. The maximum Gasteiger partial charge on any atom is 0.151 e. The minimum absolute atomic E-state index is 0.320. The summed E-state index contributed by atoms with van der Waals surface area (Å²) < 4.78 is 5.32. The molecule has 0 aliphatic carbocycles. The molecule has 0 aliphatic heterocycles. The van der Waals surface area contributed by atoms with Crippen molar-refractivity contribution in [3.8, 4) is 0 Å². The standard InChI is InChI=1S/C24H48O6/c1-2-3-4-5-6-7-8-9-10-11-12-13-14-15-16-17-18-30-22(20-26)24(29)23(28)21(27)19-25/h20-25,27-29H,2-19H2,1H3/t21-,22+,23-,24-/m1/s1. The van der Waals surface area contributed by atoms with Crippen LogP contribution in [0.4, 0.5) is 0 Å². The molecule has 4 N–H and O–H groups in total. The topological polar surface area (TPSA) is 107 Å². The first-order valence-corrected chi connectivity index (χ1v) is 12.3. The monoisotopic (exact) mass is 432 g/mol. The average Bonchev–Trinajstić information content (AvgIpc) is 2.76. The Morgan fingerprint density at radius 3 is 1.43 bits per heavy atom. The van der Waals surface area contributed by atoms with Crippen LogP contribution in [0.2, 0.25) is 0 Å². The summed E-state index contributed by atoms with van der Waals surface area (Å²) in [6, 6.07) is 0. The van der Waals surface area contributed by atoms with E-state index >= 15 is 0 Å². The lowest BCUT2D eigenvalue weighted by atomic mass is 10.0. The molecule has 0 rings (SSSR count). The van der Waals surface area contributed by atoms with Crippen LogP contribution < -0.4 is 0 Å². The van der Waals surface area contributed by atoms with Gasteiger partial charge >= 0.3 is 0 Å². The van der Waals surface area contributed by atoms with Gasteiger partial charge in [-0.1, -0.05) is 103 Å². The van der Waals surface area contributed by atoms with E-state index in [4.69, 9.17) is 9.84 Å². The van der Waals surface area contributed by atoms with Crippen molar-refractivity contribution in [3.63, 3.8) is 0 Å². The van der Waals surface area contributed by atoms with Crippen LogP contribution in [-0.2, 0) is 9.53 Å². The largest absolute Gasteiger partial charge is 0.394 e. The number of hydrogen-bond donors (Lipinski definition) is 4. The highest BCUT2D eigenvalue weighted by Crippen LogP contribution is 2.14. The van der Waals surface area contributed by atoms with Gasteiger partial charge in [0.2, 0.25) is 0 Å². The van der Waals surface area contributed by atoms with Crippen molar-refractivity contribution >= 4 is 6.29 Å². The van der Waals surface area contributed by atoms with Gasteiger partial charge in [-0.05, 0) is 6.42 Å². The fourth-order valence-electron chi connectivity index (χ4n) is 3.62. The van der Waals surface area contributed by atoms with Crippen LogP contribution in [0.1, 0.15) is 110 Å². The van der Waals surface area contributed by atoms with E-state index in [0.717, 1.165) is 19.3 Å². The van der Waals surface area contributed by atoms with E-state index < -0.39 is 31.0 Å². The van der Waals surface area contributed by atoms with Crippen molar-refractivity contribution in [2.45, 2.75) is 134 Å². The van der Waals surface area contributed by atoms with Crippen molar-refractivity contribution in [1.82, 2.24) is 0 Å². The zero-order valence-corrected chi connectivity index (χ0v) is 19.2. The van der Waals surface area contributed by atoms with Gasteiger partial charge in [-0.15, -0.1) is 0 Å². The van der Waals surface area contributed by atoms with Crippen LogP contribution in [0.5, 0.6) is 0 Å². The van der Waals surface area contributed by atoms with Crippen LogP contribution in [-0.4, -0.2) is 64.3 Å². The summed E-state index contributed by atoms with van der Waals surface area (Å²) >= 11 is 0. The lowest BCUT2D eigenvalue weighted by molar-refractivity contribution is -0.146. The van der Waals surface area contributed by atoms with Gasteiger partial charge in [0, 0.05) is 6.61 Å². The molecule has 6 heteroatoms. The smallest absolute Gasteiger partial charge is 0.151 e. The highest BCUT2D eigenvalue weighted by molar-refractivity contribution is 5.57. The van der Waals surface area contributed by atoms with Gasteiger partial charge in [-0.3, -0.25) is 0 Å². The number of aliphatic hydroxyl groups is 4. The predicted octanol–water partition coefficient (Wildman–Crippen LogP) is 3.91. The Morgan fingerprint density at radius 2 is 1.07 bits per heavy atom. The molecule has 30 heavy (non-hydrogen) atoms. The molecule has 0 bridgehead atoms. The van der Waals surface area contributed by atoms with Crippen LogP contribution in [0.3, 0.4) is 0 Å². The quantitative estimate of drug-likeness (QED) is 0.144. The Hall–Kier alpha value is -0.530. The molecule has 180 valence electrons. The predicted molar refractivity (Wildman–Crippen MR) is 120 cm³/mol. The fraction of sp³-hybridized carbons (Fsp3) is 0.958. The number of ether oxygens (including phenoxy) is 1. The second-order valence-electron chi connectivity index (χ2n) is 8.51. The summed E-state index contributed by atoms with van der Waals surface area (Å²) in [5, 5.41) is 37.6. The molecule has 0 aromatic carbocycles. The molecule has 0 heterocycles.